The molecule has 108 valence electrons. The van der Waals surface area contributed by atoms with Crippen LogP contribution in [0.15, 0.2) is 54.6 Å². The number of likely N-dealkylation sites (N-methyl/N-ethyl adjacent to an activating group) is 1. The Labute approximate surface area is 129 Å². The molecule has 21 heavy (non-hydrogen) atoms. The largest absolute Gasteiger partial charge is 0.389 e. The number of rotatable bonds is 5. The lowest BCUT2D eigenvalue weighted by molar-refractivity contribution is -0.114. The highest BCUT2D eigenvalue weighted by Gasteiger charge is 2.08. The second-order valence-electron chi connectivity index (χ2n) is 4.68. The number of carbonyl (C=O) groups excluding carboxylic acids is 1. The van der Waals surface area contributed by atoms with Crippen LogP contribution in [0.25, 0.3) is 0 Å². The summed E-state index contributed by atoms with van der Waals surface area (Å²) < 4.78 is 0. The van der Waals surface area contributed by atoms with E-state index >= 15 is 0 Å². The minimum Gasteiger partial charge on any atom is -0.389 e. The highest BCUT2D eigenvalue weighted by atomic mass is 32.1. The number of nitrogens with two attached hydrogens (primary N) is 1. The molecular weight excluding hydrogens is 282 g/mol. The maximum Gasteiger partial charge on any atom is 0.243 e. The van der Waals surface area contributed by atoms with Crippen molar-refractivity contribution in [1.29, 1.82) is 0 Å². The molecule has 4 nitrogen and oxygen atoms in total. The first-order chi connectivity index (χ1) is 10.1. The fourth-order valence-electron chi connectivity index (χ4n) is 1.94. The first kappa shape index (κ1) is 15.0. The van der Waals surface area contributed by atoms with Gasteiger partial charge in [0.1, 0.15) is 4.99 Å². The fraction of sp³-hybridized carbons (Fsp3) is 0.125. The molecule has 1 amide bonds. The lowest BCUT2D eigenvalue weighted by atomic mass is 10.2. The number of hydrogen-bond acceptors (Lipinski definition) is 3. The lowest BCUT2D eigenvalue weighted by Gasteiger charge is -2.18. The topological polar surface area (TPSA) is 58.4 Å². The second-order valence-corrected chi connectivity index (χ2v) is 5.12. The van der Waals surface area contributed by atoms with Gasteiger partial charge in [-0.25, -0.2) is 0 Å². The number of nitrogens with zero attached hydrogens (tertiary/aromatic N) is 1. The second kappa shape index (κ2) is 6.85. The molecule has 0 saturated heterocycles. The average Bonchev–Trinajstić information content (AvgIpc) is 2.48. The van der Waals surface area contributed by atoms with Gasteiger partial charge in [0.15, 0.2) is 0 Å². The van der Waals surface area contributed by atoms with E-state index in [-0.39, 0.29) is 12.5 Å². The summed E-state index contributed by atoms with van der Waals surface area (Å²) in [5.41, 5.74) is 7.99. The molecule has 3 N–H and O–H groups in total. The number of hydrogen-bond donors (Lipinski definition) is 2. The number of thiocarbonyl (C=S) groups is 1. The van der Waals surface area contributed by atoms with E-state index in [1.54, 1.807) is 6.07 Å². The van der Waals surface area contributed by atoms with E-state index in [0.29, 0.717) is 10.7 Å². The molecule has 5 heteroatoms. The van der Waals surface area contributed by atoms with Crippen molar-refractivity contribution in [3.8, 4) is 0 Å². The van der Waals surface area contributed by atoms with Crippen molar-refractivity contribution in [2.45, 2.75) is 0 Å². The third-order valence-corrected chi connectivity index (χ3v) is 3.24. The molecule has 0 radical (unpaired) electrons. The number of anilines is 2. The molecule has 0 aromatic heterocycles. The van der Waals surface area contributed by atoms with Gasteiger partial charge in [-0.3, -0.25) is 4.79 Å². The van der Waals surface area contributed by atoms with Crippen LogP contribution in [0, 0.1) is 0 Å². The molecule has 0 heterocycles. The Bertz CT molecular complexity index is 643. The van der Waals surface area contributed by atoms with Gasteiger partial charge in [0.05, 0.1) is 6.54 Å². The van der Waals surface area contributed by atoms with Crippen LogP contribution in [0.3, 0.4) is 0 Å². The molecule has 2 aromatic carbocycles. The first-order valence-corrected chi connectivity index (χ1v) is 6.93. The van der Waals surface area contributed by atoms with Crippen LogP contribution in [-0.2, 0) is 4.79 Å². The Morgan fingerprint density at radius 2 is 1.90 bits per heavy atom. The molecule has 2 aromatic rings. The van der Waals surface area contributed by atoms with Crippen molar-refractivity contribution in [3.63, 3.8) is 0 Å². The van der Waals surface area contributed by atoms with Crippen LogP contribution in [-0.4, -0.2) is 24.5 Å². The Kier molecular flexibility index (Phi) is 4.90. The summed E-state index contributed by atoms with van der Waals surface area (Å²) in [6, 6.07) is 16.9. The summed E-state index contributed by atoms with van der Waals surface area (Å²) in [6.45, 7) is 0.265. The van der Waals surface area contributed by atoms with Crippen molar-refractivity contribution in [3.05, 3.63) is 60.2 Å². The van der Waals surface area contributed by atoms with Crippen LogP contribution in [0.5, 0.6) is 0 Å². The maximum absolute atomic E-state index is 12.1. The minimum absolute atomic E-state index is 0.0959. The van der Waals surface area contributed by atoms with Crippen LogP contribution >= 0.6 is 12.2 Å². The zero-order chi connectivity index (χ0) is 15.2. The maximum atomic E-state index is 12.1. The average molecular weight is 299 g/mol. The van der Waals surface area contributed by atoms with Crippen molar-refractivity contribution in [1.82, 2.24) is 0 Å². The third-order valence-electron chi connectivity index (χ3n) is 3.01. The standard InChI is InChI=1S/C16H17N3OS/c1-19(14-8-3-2-4-9-14)11-15(20)18-13-7-5-6-12(10-13)16(17)21/h2-10H,11H2,1H3,(H2,17,21)(H,18,20). The van der Waals surface area contributed by atoms with Crippen molar-refractivity contribution < 1.29 is 4.79 Å². The summed E-state index contributed by atoms with van der Waals surface area (Å²) >= 11 is 4.93. The number of amides is 1. The summed E-state index contributed by atoms with van der Waals surface area (Å²) in [5, 5.41) is 2.84. The van der Waals surface area contributed by atoms with Crippen LogP contribution < -0.4 is 16.0 Å². The number of benzene rings is 2. The molecule has 2 rings (SSSR count). The van der Waals surface area contributed by atoms with Crippen molar-refractivity contribution in [2.24, 2.45) is 5.73 Å². The van der Waals surface area contributed by atoms with Gasteiger partial charge in [-0.15, -0.1) is 0 Å². The van der Waals surface area contributed by atoms with Gasteiger partial charge in [0.25, 0.3) is 0 Å². The predicted molar refractivity (Wildman–Crippen MR) is 90.7 cm³/mol. The van der Waals surface area contributed by atoms with Crippen molar-refractivity contribution in [2.75, 3.05) is 23.8 Å². The zero-order valence-electron chi connectivity index (χ0n) is 11.7. The van der Waals surface area contributed by atoms with Gasteiger partial charge in [-0.1, -0.05) is 42.5 Å². The molecule has 0 unspecified atom stereocenters. The molecule has 0 aliphatic heterocycles. The summed E-state index contributed by atoms with van der Waals surface area (Å²) in [6.07, 6.45) is 0. The molecule has 0 aliphatic carbocycles. The highest BCUT2D eigenvalue weighted by Crippen LogP contribution is 2.13. The third kappa shape index (κ3) is 4.29. The molecule has 0 aliphatic rings. The summed E-state index contributed by atoms with van der Waals surface area (Å²) in [7, 11) is 1.88. The number of carbonyl (C=O) groups is 1. The van der Waals surface area contributed by atoms with E-state index in [0.717, 1.165) is 11.3 Å². The van der Waals surface area contributed by atoms with Crippen LogP contribution in [0.2, 0.25) is 0 Å². The van der Waals surface area contributed by atoms with Gasteiger partial charge in [0, 0.05) is 24.0 Å². The van der Waals surface area contributed by atoms with Crippen molar-refractivity contribution >= 4 is 34.5 Å². The SMILES string of the molecule is CN(CC(=O)Nc1cccc(C(N)=S)c1)c1ccccc1. The number of nitrogens with one attached hydrogen (secondary N) is 1. The van der Waals surface area contributed by atoms with E-state index in [1.165, 1.54) is 0 Å². The van der Waals surface area contributed by atoms with Gasteiger partial charge < -0.3 is 16.0 Å². The Morgan fingerprint density at radius 1 is 1.19 bits per heavy atom. The quantitative estimate of drug-likeness (QED) is 0.832. The summed E-state index contributed by atoms with van der Waals surface area (Å²) in [4.78, 5) is 14.3. The zero-order valence-corrected chi connectivity index (χ0v) is 12.6. The molecule has 0 bridgehead atoms. The van der Waals surface area contributed by atoms with E-state index in [2.05, 4.69) is 5.32 Å². The highest BCUT2D eigenvalue weighted by molar-refractivity contribution is 7.80. The molecule has 0 atom stereocenters. The van der Waals surface area contributed by atoms with E-state index < -0.39 is 0 Å². The first-order valence-electron chi connectivity index (χ1n) is 6.52. The summed E-state index contributed by atoms with van der Waals surface area (Å²) in [5.74, 6) is -0.0959. The smallest absolute Gasteiger partial charge is 0.243 e. The van der Waals surface area contributed by atoms with Gasteiger partial charge >= 0.3 is 0 Å². The van der Waals surface area contributed by atoms with Gasteiger partial charge in [0.2, 0.25) is 5.91 Å². The molecule has 0 fully saturated rings. The van der Waals surface area contributed by atoms with E-state index in [9.17, 15) is 4.79 Å². The molecule has 0 spiro atoms. The van der Waals surface area contributed by atoms with E-state index in [4.69, 9.17) is 18.0 Å². The van der Waals surface area contributed by atoms with Crippen LogP contribution in [0.1, 0.15) is 5.56 Å². The minimum atomic E-state index is -0.0959. The monoisotopic (exact) mass is 299 g/mol. The Balaban J connectivity index is 1.99. The predicted octanol–water partition coefficient (Wildman–Crippen LogP) is 2.40. The molecule has 0 saturated carbocycles. The molecular formula is C16H17N3OS. The van der Waals surface area contributed by atoms with Crippen LogP contribution in [0.4, 0.5) is 11.4 Å². The Morgan fingerprint density at radius 3 is 2.57 bits per heavy atom. The van der Waals surface area contributed by atoms with E-state index in [1.807, 2.05) is 60.5 Å². The lowest BCUT2D eigenvalue weighted by Crippen LogP contribution is -2.30. The normalized spacial score (nSPS) is 9.95. The van der Waals surface area contributed by atoms with Gasteiger partial charge in [-0.05, 0) is 24.3 Å². The van der Waals surface area contributed by atoms with Gasteiger partial charge in [-0.2, -0.15) is 0 Å². The number of para-hydroxylation sites is 1. The fourth-order valence-corrected chi connectivity index (χ4v) is 2.07. The Hall–Kier alpha value is -2.40.